The van der Waals surface area contributed by atoms with Gasteiger partial charge in [0.15, 0.2) is 0 Å². The third-order valence-corrected chi connectivity index (χ3v) is 2.71. The van der Waals surface area contributed by atoms with E-state index in [1.54, 1.807) is 4.90 Å². The number of likely N-dealkylation sites (tertiary alicyclic amines) is 1. The van der Waals surface area contributed by atoms with Crippen LogP contribution in [0, 0.1) is 0 Å². The smallest absolute Gasteiger partial charge is 0.271 e. The van der Waals surface area contributed by atoms with E-state index in [1.807, 2.05) is 0 Å². The molecule has 0 saturated carbocycles. The monoisotopic (exact) mass is 276 g/mol. The molecule has 1 N–H and O–H groups in total. The molecule has 1 fully saturated rings. The quantitative estimate of drug-likeness (QED) is 0.884. The van der Waals surface area contributed by atoms with Crippen LogP contribution in [0.25, 0.3) is 0 Å². The molecule has 0 bridgehead atoms. The first-order valence-electron chi connectivity index (χ1n) is 5.33. The van der Waals surface area contributed by atoms with E-state index >= 15 is 0 Å². The van der Waals surface area contributed by atoms with Gasteiger partial charge in [0.05, 0.1) is 25.0 Å². The number of amides is 1. The van der Waals surface area contributed by atoms with Gasteiger partial charge in [-0.25, -0.2) is 13.8 Å². The molecular weight excluding hydrogens is 266 g/mol. The number of rotatable bonds is 4. The fourth-order valence-corrected chi connectivity index (χ4v) is 1.86. The molecule has 18 heavy (non-hydrogen) atoms. The second-order valence-electron chi connectivity index (χ2n) is 4.01. The molecule has 0 atom stereocenters. The molecule has 1 saturated heterocycles. The zero-order chi connectivity index (χ0) is 13.1. The first-order chi connectivity index (χ1) is 8.54. The average molecular weight is 277 g/mol. The van der Waals surface area contributed by atoms with Gasteiger partial charge >= 0.3 is 0 Å². The lowest BCUT2D eigenvalue weighted by molar-refractivity contribution is 0.0378. The summed E-state index contributed by atoms with van der Waals surface area (Å²) in [7, 11) is 0. The number of halogens is 3. The Morgan fingerprint density at radius 1 is 1.56 bits per heavy atom. The van der Waals surface area contributed by atoms with Crippen LogP contribution in [-0.2, 0) is 0 Å². The molecular formula is C10H11ClF2N4O. The van der Waals surface area contributed by atoms with Crippen molar-refractivity contribution in [3.63, 3.8) is 0 Å². The summed E-state index contributed by atoms with van der Waals surface area (Å²) < 4.78 is 24.1. The minimum Gasteiger partial charge on any atom is -0.345 e. The predicted octanol–water partition coefficient (Wildman–Crippen LogP) is 0.809. The number of hydrogen-bond acceptors (Lipinski definition) is 4. The molecule has 1 aromatic heterocycles. The third kappa shape index (κ3) is 3.33. The number of alkyl halides is 2. The Balaban J connectivity index is 1.80. The predicted molar refractivity (Wildman–Crippen MR) is 60.7 cm³/mol. The van der Waals surface area contributed by atoms with E-state index in [0.717, 1.165) is 0 Å². The number of aromatic nitrogens is 2. The highest BCUT2D eigenvalue weighted by atomic mass is 35.5. The van der Waals surface area contributed by atoms with Crippen LogP contribution < -0.4 is 5.32 Å². The Kier molecular flexibility index (Phi) is 4.03. The molecule has 1 aliphatic rings. The minimum absolute atomic E-state index is 0.120. The molecule has 1 aliphatic heterocycles. The van der Waals surface area contributed by atoms with E-state index in [0.29, 0.717) is 13.1 Å². The van der Waals surface area contributed by atoms with Crippen molar-refractivity contribution in [1.82, 2.24) is 20.2 Å². The van der Waals surface area contributed by atoms with Gasteiger partial charge in [-0.15, -0.1) is 0 Å². The van der Waals surface area contributed by atoms with Crippen LogP contribution in [0.3, 0.4) is 0 Å². The van der Waals surface area contributed by atoms with Crippen LogP contribution in [0.1, 0.15) is 10.5 Å². The number of nitrogens with one attached hydrogen (secondary N) is 1. The van der Waals surface area contributed by atoms with Crippen LogP contribution in [0.15, 0.2) is 12.4 Å². The number of carbonyl (C=O) groups excluding carboxylic acids is 1. The van der Waals surface area contributed by atoms with Crippen LogP contribution >= 0.6 is 11.6 Å². The van der Waals surface area contributed by atoms with E-state index in [-0.39, 0.29) is 23.4 Å². The summed E-state index contributed by atoms with van der Waals surface area (Å²) in [5.74, 6) is -0.397. The Morgan fingerprint density at radius 3 is 2.89 bits per heavy atom. The van der Waals surface area contributed by atoms with Crippen molar-refractivity contribution < 1.29 is 13.6 Å². The molecule has 5 nitrogen and oxygen atoms in total. The van der Waals surface area contributed by atoms with Crippen molar-refractivity contribution in [2.75, 3.05) is 19.6 Å². The number of nitrogens with zero attached hydrogens (tertiary/aromatic N) is 3. The zero-order valence-electron chi connectivity index (χ0n) is 9.31. The molecule has 1 aromatic rings. The van der Waals surface area contributed by atoms with Gasteiger partial charge in [-0.1, -0.05) is 11.6 Å². The van der Waals surface area contributed by atoms with Gasteiger partial charge in [0.25, 0.3) is 12.3 Å². The molecule has 0 spiro atoms. The standard InChI is InChI=1S/C10H11ClF2N4O/c11-8-2-14-1-7(16-8)10(18)15-6-3-17(4-6)5-9(12)13/h1-2,6,9H,3-5H2,(H,15,18). The maximum absolute atomic E-state index is 12.0. The van der Waals surface area contributed by atoms with Crippen molar-refractivity contribution in [2.45, 2.75) is 12.5 Å². The minimum atomic E-state index is -2.35. The zero-order valence-corrected chi connectivity index (χ0v) is 10.1. The molecule has 8 heteroatoms. The van der Waals surface area contributed by atoms with Gasteiger partial charge in [-0.05, 0) is 0 Å². The molecule has 98 valence electrons. The van der Waals surface area contributed by atoms with E-state index in [4.69, 9.17) is 11.6 Å². The van der Waals surface area contributed by atoms with Crippen LogP contribution in [-0.4, -0.2) is 52.9 Å². The lowest BCUT2D eigenvalue weighted by Crippen LogP contribution is -2.60. The fraction of sp³-hybridized carbons (Fsp3) is 0.500. The Hall–Kier alpha value is -1.34. The molecule has 0 aromatic carbocycles. The molecule has 2 heterocycles. The van der Waals surface area contributed by atoms with E-state index in [9.17, 15) is 13.6 Å². The van der Waals surface area contributed by atoms with Crippen molar-refractivity contribution in [2.24, 2.45) is 0 Å². The molecule has 0 aliphatic carbocycles. The fourth-order valence-electron chi connectivity index (χ4n) is 1.72. The van der Waals surface area contributed by atoms with Crippen LogP contribution in [0.2, 0.25) is 5.15 Å². The topological polar surface area (TPSA) is 58.1 Å². The first-order valence-corrected chi connectivity index (χ1v) is 5.71. The average Bonchev–Trinajstić information content (AvgIpc) is 2.25. The summed E-state index contributed by atoms with van der Waals surface area (Å²) >= 11 is 5.61. The maximum atomic E-state index is 12.0. The normalized spacial score (nSPS) is 16.7. The second kappa shape index (κ2) is 5.53. The van der Waals surface area contributed by atoms with Gasteiger partial charge in [0, 0.05) is 13.1 Å². The van der Waals surface area contributed by atoms with E-state index < -0.39 is 12.3 Å². The summed E-state index contributed by atoms with van der Waals surface area (Å²) in [6, 6.07) is -0.128. The molecule has 1 amide bonds. The highest BCUT2D eigenvalue weighted by Crippen LogP contribution is 2.11. The molecule has 0 unspecified atom stereocenters. The summed E-state index contributed by atoms with van der Waals surface area (Å²) in [5, 5.41) is 2.81. The van der Waals surface area contributed by atoms with Crippen LogP contribution in [0.5, 0.6) is 0 Å². The van der Waals surface area contributed by atoms with Crippen molar-refractivity contribution in [3.05, 3.63) is 23.2 Å². The summed E-state index contributed by atoms with van der Waals surface area (Å²) in [6.45, 7) is 0.581. The Labute approximate surface area is 107 Å². The van der Waals surface area contributed by atoms with Crippen LogP contribution in [0.4, 0.5) is 8.78 Å². The number of carbonyl (C=O) groups is 1. The lowest BCUT2D eigenvalue weighted by atomic mass is 10.1. The highest BCUT2D eigenvalue weighted by Gasteiger charge is 2.30. The van der Waals surface area contributed by atoms with Crippen molar-refractivity contribution >= 4 is 17.5 Å². The van der Waals surface area contributed by atoms with Gasteiger partial charge in [-0.2, -0.15) is 0 Å². The van der Waals surface area contributed by atoms with Gasteiger partial charge < -0.3 is 5.32 Å². The Morgan fingerprint density at radius 2 is 2.28 bits per heavy atom. The maximum Gasteiger partial charge on any atom is 0.271 e. The first kappa shape index (κ1) is 13.1. The summed E-state index contributed by atoms with van der Waals surface area (Å²) in [5.41, 5.74) is 0.120. The summed E-state index contributed by atoms with van der Waals surface area (Å²) in [6.07, 6.45) is 0.281. The Bertz CT molecular complexity index is 440. The largest absolute Gasteiger partial charge is 0.345 e. The van der Waals surface area contributed by atoms with Gasteiger partial charge in [0.2, 0.25) is 0 Å². The molecule has 0 radical (unpaired) electrons. The van der Waals surface area contributed by atoms with Crippen molar-refractivity contribution in [3.8, 4) is 0 Å². The third-order valence-electron chi connectivity index (χ3n) is 2.53. The summed E-state index contributed by atoms with van der Waals surface area (Å²) in [4.78, 5) is 20.8. The highest BCUT2D eigenvalue weighted by molar-refractivity contribution is 6.29. The lowest BCUT2D eigenvalue weighted by Gasteiger charge is -2.39. The number of hydrogen-bond donors (Lipinski definition) is 1. The van der Waals surface area contributed by atoms with Gasteiger partial charge in [0.1, 0.15) is 10.8 Å². The van der Waals surface area contributed by atoms with E-state index in [2.05, 4.69) is 15.3 Å². The van der Waals surface area contributed by atoms with Crippen molar-refractivity contribution in [1.29, 1.82) is 0 Å². The SMILES string of the molecule is O=C(NC1CN(CC(F)F)C1)c1cncc(Cl)n1. The van der Waals surface area contributed by atoms with E-state index in [1.165, 1.54) is 12.4 Å². The second-order valence-corrected chi connectivity index (χ2v) is 4.39. The van der Waals surface area contributed by atoms with Gasteiger partial charge in [-0.3, -0.25) is 14.7 Å². The molecule has 2 rings (SSSR count).